The van der Waals surface area contributed by atoms with Crippen molar-refractivity contribution in [2.75, 3.05) is 5.73 Å². The third-order valence-electron chi connectivity index (χ3n) is 4.35. The number of alkyl halides is 3. The van der Waals surface area contributed by atoms with Gasteiger partial charge < -0.3 is 10.3 Å². The predicted molar refractivity (Wildman–Crippen MR) is 71.3 cm³/mol. The maximum absolute atomic E-state index is 13.3. The SMILES string of the molecule is CCC1(n2c(C(F)(F)F)nc3cc(N)ccc32)CCC1. The minimum Gasteiger partial charge on any atom is -0.399 e. The lowest BCUT2D eigenvalue weighted by Crippen LogP contribution is -2.42. The standard InChI is InChI=1S/C14H16F3N3/c1-2-13(6-3-7-13)20-11-5-4-9(18)8-10(11)19-12(20)14(15,16)17/h4-5,8H,2-3,6-7,18H2,1H3. The monoisotopic (exact) mass is 283 g/mol. The van der Waals surface area contributed by atoms with Gasteiger partial charge in [-0.15, -0.1) is 0 Å². The summed E-state index contributed by atoms with van der Waals surface area (Å²) in [7, 11) is 0. The van der Waals surface area contributed by atoms with Gasteiger partial charge in [-0.2, -0.15) is 13.2 Å². The summed E-state index contributed by atoms with van der Waals surface area (Å²) in [5.74, 6) is -0.806. The van der Waals surface area contributed by atoms with Crippen LogP contribution in [0.1, 0.15) is 38.4 Å². The van der Waals surface area contributed by atoms with Gasteiger partial charge in [-0.25, -0.2) is 4.98 Å². The third kappa shape index (κ3) is 1.77. The molecule has 1 fully saturated rings. The van der Waals surface area contributed by atoms with Crippen molar-refractivity contribution < 1.29 is 13.2 Å². The molecule has 0 bridgehead atoms. The van der Waals surface area contributed by atoms with Crippen LogP contribution in [-0.4, -0.2) is 9.55 Å². The molecule has 0 amide bonds. The van der Waals surface area contributed by atoms with Crippen molar-refractivity contribution >= 4 is 16.7 Å². The third-order valence-corrected chi connectivity index (χ3v) is 4.35. The van der Waals surface area contributed by atoms with Crippen LogP contribution in [0.4, 0.5) is 18.9 Å². The molecule has 20 heavy (non-hydrogen) atoms. The van der Waals surface area contributed by atoms with E-state index in [9.17, 15) is 13.2 Å². The number of rotatable bonds is 2. The van der Waals surface area contributed by atoms with Crippen LogP contribution in [-0.2, 0) is 11.7 Å². The van der Waals surface area contributed by atoms with E-state index in [1.807, 2.05) is 6.92 Å². The quantitative estimate of drug-likeness (QED) is 0.849. The number of nitrogen functional groups attached to an aromatic ring is 1. The summed E-state index contributed by atoms with van der Waals surface area (Å²) in [4.78, 5) is 3.80. The molecule has 3 rings (SSSR count). The Morgan fingerprint density at radius 1 is 1.35 bits per heavy atom. The van der Waals surface area contributed by atoms with Gasteiger partial charge >= 0.3 is 6.18 Å². The Labute approximate surface area is 114 Å². The zero-order valence-electron chi connectivity index (χ0n) is 11.2. The van der Waals surface area contributed by atoms with Crippen LogP contribution in [0.15, 0.2) is 18.2 Å². The van der Waals surface area contributed by atoms with Crippen molar-refractivity contribution in [2.45, 2.75) is 44.3 Å². The highest BCUT2D eigenvalue weighted by Crippen LogP contribution is 2.47. The molecule has 1 aromatic heterocycles. The fourth-order valence-corrected chi connectivity index (χ4v) is 3.09. The zero-order chi connectivity index (χ0) is 14.5. The second-order valence-electron chi connectivity index (χ2n) is 5.45. The van der Waals surface area contributed by atoms with Gasteiger partial charge in [-0.1, -0.05) is 6.92 Å². The summed E-state index contributed by atoms with van der Waals surface area (Å²) in [6.07, 6.45) is -1.29. The average Bonchev–Trinajstić information content (AvgIpc) is 2.67. The topological polar surface area (TPSA) is 43.8 Å². The molecule has 0 saturated heterocycles. The summed E-state index contributed by atoms with van der Waals surface area (Å²) in [6.45, 7) is 1.93. The molecule has 6 heteroatoms. The number of hydrogen-bond acceptors (Lipinski definition) is 2. The van der Waals surface area contributed by atoms with Gasteiger partial charge in [0.15, 0.2) is 0 Å². The van der Waals surface area contributed by atoms with E-state index in [0.29, 0.717) is 23.1 Å². The highest BCUT2D eigenvalue weighted by molar-refractivity contribution is 5.80. The highest BCUT2D eigenvalue weighted by atomic mass is 19.4. The fraction of sp³-hybridized carbons (Fsp3) is 0.500. The average molecular weight is 283 g/mol. The Hall–Kier alpha value is -1.72. The van der Waals surface area contributed by atoms with Crippen LogP contribution in [0, 0.1) is 0 Å². The molecule has 3 nitrogen and oxygen atoms in total. The first-order valence-corrected chi connectivity index (χ1v) is 6.73. The first kappa shape index (κ1) is 13.3. The van der Waals surface area contributed by atoms with Crippen molar-refractivity contribution in [3.05, 3.63) is 24.0 Å². The number of anilines is 1. The summed E-state index contributed by atoms with van der Waals surface area (Å²) < 4.78 is 41.3. The lowest BCUT2D eigenvalue weighted by molar-refractivity contribution is -0.150. The first-order chi connectivity index (χ1) is 9.37. The smallest absolute Gasteiger partial charge is 0.399 e. The minimum atomic E-state index is -4.45. The number of halogens is 3. The Kier molecular flexibility index (Phi) is 2.74. The second-order valence-corrected chi connectivity index (χ2v) is 5.45. The molecule has 0 spiro atoms. The molecule has 1 aliphatic carbocycles. The van der Waals surface area contributed by atoms with Gasteiger partial charge in [-0.05, 0) is 43.9 Å². The molecule has 2 N–H and O–H groups in total. The lowest BCUT2D eigenvalue weighted by Gasteiger charge is -2.44. The minimum absolute atomic E-state index is 0.317. The number of benzene rings is 1. The van der Waals surface area contributed by atoms with Crippen LogP contribution in [0.25, 0.3) is 11.0 Å². The lowest BCUT2D eigenvalue weighted by atomic mass is 9.74. The van der Waals surface area contributed by atoms with Crippen molar-refractivity contribution in [3.63, 3.8) is 0 Å². The van der Waals surface area contributed by atoms with Crippen LogP contribution < -0.4 is 5.73 Å². The van der Waals surface area contributed by atoms with Crippen LogP contribution in [0.5, 0.6) is 0 Å². The Balaban J connectivity index is 2.32. The molecular formula is C14H16F3N3. The Morgan fingerprint density at radius 3 is 2.55 bits per heavy atom. The van der Waals surface area contributed by atoms with Crippen molar-refractivity contribution in [3.8, 4) is 0 Å². The van der Waals surface area contributed by atoms with E-state index < -0.39 is 17.5 Å². The zero-order valence-corrected chi connectivity index (χ0v) is 11.2. The molecule has 108 valence electrons. The molecule has 0 aliphatic heterocycles. The molecular weight excluding hydrogens is 267 g/mol. The number of imidazole rings is 1. The molecule has 1 heterocycles. The van der Waals surface area contributed by atoms with Gasteiger partial charge in [0, 0.05) is 11.2 Å². The van der Waals surface area contributed by atoms with E-state index in [2.05, 4.69) is 4.98 Å². The van der Waals surface area contributed by atoms with E-state index in [-0.39, 0.29) is 0 Å². The predicted octanol–water partition coefficient (Wildman–Crippen LogP) is 3.93. The van der Waals surface area contributed by atoms with Gasteiger partial charge in [0.25, 0.3) is 0 Å². The number of fused-ring (bicyclic) bond motifs is 1. The normalized spacial score (nSPS) is 18.2. The van der Waals surface area contributed by atoms with E-state index in [4.69, 9.17) is 5.73 Å². The summed E-state index contributed by atoms with van der Waals surface area (Å²) >= 11 is 0. The van der Waals surface area contributed by atoms with E-state index >= 15 is 0 Å². The molecule has 0 unspecified atom stereocenters. The molecule has 2 aromatic rings. The van der Waals surface area contributed by atoms with Crippen molar-refractivity contribution in [1.29, 1.82) is 0 Å². The maximum atomic E-state index is 13.3. The van der Waals surface area contributed by atoms with Crippen molar-refractivity contribution in [1.82, 2.24) is 9.55 Å². The molecule has 0 atom stereocenters. The van der Waals surface area contributed by atoms with Gasteiger partial charge in [0.2, 0.25) is 5.82 Å². The number of aromatic nitrogens is 2. The van der Waals surface area contributed by atoms with Crippen LogP contribution >= 0.6 is 0 Å². The number of hydrogen-bond donors (Lipinski definition) is 1. The van der Waals surface area contributed by atoms with E-state index in [1.165, 1.54) is 10.6 Å². The van der Waals surface area contributed by atoms with Crippen LogP contribution in [0.3, 0.4) is 0 Å². The Morgan fingerprint density at radius 2 is 2.05 bits per heavy atom. The number of nitrogens with zero attached hydrogens (tertiary/aromatic N) is 2. The largest absolute Gasteiger partial charge is 0.449 e. The van der Waals surface area contributed by atoms with Gasteiger partial charge in [-0.3, -0.25) is 0 Å². The summed E-state index contributed by atoms with van der Waals surface area (Å²) in [5.41, 5.74) is 6.47. The summed E-state index contributed by atoms with van der Waals surface area (Å²) in [6, 6.07) is 4.77. The maximum Gasteiger partial charge on any atom is 0.449 e. The molecule has 1 aromatic carbocycles. The van der Waals surface area contributed by atoms with Crippen LogP contribution in [0.2, 0.25) is 0 Å². The number of nitrogens with two attached hydrogens (primary N) is 1. The van der Waals surface area contributed by atoms with Gasteiger partial charge in [0.1, 0.15) is 0 Å². The molecule has 0 radical (unpaired) electrons. The fourth-order valence-electron chi connectivity index (χ4n) is 3.09. The second kappa shape index (κ2) is 4.14. The highest BCUT2D eigenvalue weighted by Gasteiger charge is 2.46. The molecule has 1 saturated carbocycles. The van der Waals surface area contributed by atoms with E-state index in [0.717, 1.165) is 19.3 Å². The van der Waals surface area contributed by atoms with Gasteiger partial charge in [0.05, 0.1) is 11.0 Å². The summed E-state index contributed by atoms with van der Waals surface area (Å²) in [5, 5.41) is 0. The molecule has 1 aliphatic rings. The van der Waals surface area contributed by atoms with Crippen molar-refractivity contribution in [2.24, 2.45) is 0 Å². The van der Waals surface area contributed by atoms with E-state index in [1.54, 1.807) is 12.1 Å². The first-order valence-electron chi connectivity index (χ1n) is 6.73. The Bertz CT molecular complexity index is 648.